The zero-order valence-electron chi connectivity index (χ0n) is 12.5. The SMILES string of the molecule is CC(C)C1(c2cnc3ccccc3c2)CCCCCN1. The lowest BCUT2D eigenvalue weighted by molar-refractivity contribution is 0.230. The first-order valence-electron chi connectivity index (χ1n) is 7.83. The molecule has 0 saturated carbocycles. The Labute approximate surface area is 121 Å². The summed E-state index contributed by atoms with van der Waals surface area (Å²) in [4.78, 5) is 4.67. The number of hydrogen-bond acceptors (Lipinski definition) is 2. The average Bonchev–Trinajstić information content (AvgIpc) is 2.73. The predicted octanol–water partition coefficient (Wildman–Crippen LogP) is 4.25. The summed E-state index contributed by atoms with van der Waals surface area (Å²) in [5.41, 5.74) is 2.53. The van der Waals surface area contributed by atoms with E-state index in [1.165, 1.54) is 36.6 Å². The summed E-state index contributed by atoms with van der Waals surface area (Å²) in [6.07, 6.45) is 7.22. The fraction of sp³-hybridized carbons (Fsp3) is 0.500. The molecular formula is C18H24N2. The van der Waals surface area contributed by atoms with Crippen LogP contribution in [0.2, 0.25) is 0 Å². The summed E-state index contributed by atoms with van der Waals surface area (Å²) in [5, 5.41) is 5.08. The molecule has 1 aromatic heterocycles. The van der Waals surface area contributed by atoms with E-state index in [2.05, 4.69) is 60.7 Å². The van der Waals surface area contributed by atoms with Gasteiger partial charge >= 0.3 is 0 Å². The van der Waals surface area contributed by atoms with Crippen LogP contribution in [0.25, 0.3) is 10.9 Å². The fourth-order valence-corrected chi connectivity index (χ4v) is 3.49. The minimum Gasteiger partial charge on any atom is -0.307 e. The summed E-state index contributed by atoms with van der Waals surface area (Å²) in [5.74, 6) is 0.573. The first-order valence-corrected chi connectivity index (χ1v) is 7.83. The van der Waals surface area contributed by atoms with Gasteiger partial charge in [-0.3, -0.25) is 4.98 Å². The molecule has 20 heavy (non-hydrogen) atoms. The van der Waals surface area contributed by atoms with Gasteiger partial charge < -0.3 is 5.32 Å². The third-order valence-corrected chi connectivity index (χ3v) is 4.78. The highest BCUT2D eigenvalue weighted by atomic mass is 15.0. The quantitative estimate of drug-likeness (QED) is 0.880. The van der Waals surface area contributed by atoms with Crippen molar-refractivity contribution in [2.75, 3.05) is 6.54 Å². The molecule has 0 radical (unpaired) electrons. The van der Waals surface area contributed by atoms with Crippen molar-refractivity contribution in [2.24, 2.45) is 5.92 Å². The molecule has 2 heterocycles. The van der Waals surface area contributed by atoms with Gasteiger partial charge in [0.1, 0.15) is 0 Å². The fourth-order valence-electron chi connectivity index (χ4n) is 3.49. The van der Waals surface area contributed by atoms with Crippen molar-refractivity contribution in [3.8, 4) is 0 Å². The van der Waals surface area contributed by atoms with Crippen LogP contribution in [-0.2, 0) is 5.54 Å². The van der Waals surface area contributed by atoms with E-state index in [4.69, 9.17) is 0 Å². The van der Waals surface area contributed by atoms with Gasteiger partial charge in [0.25, 0.3) is 0 Å². The molecule has 1 N–H and O–H groups in total. The number of benzene rings is 1. The Hall–Kier alpha value is -1.41. The van der Waals surface area contributed by atoms with Gasteiger partial charge in [0.2, 0.25) is 0 Å². The molecule has 1 unspecified atom stereocenters. The van der Waals surface area contributed by atoms with E-state index < -0.39 is 0 Å². The first-order chi connectivity index (χ1) is 9.72. The highest BCUT2D eigenvalue weighted by Gasteiger charge is 2.36. The van der Waals surface area contributed by atoms with Crippen LogP contribution in [0.5, 0.6) is 0 Å². The van der Waals surface area contributed by atoms with Gasteiger partial charge in [-0.15, -0.1) is 0 Å². The number of hydrogen-bond donors (Lipinski definition) is 1. The number of nitrogens with zero attached hydrogens (tertiary/aromatic N) is 1. The standard InChI is InChI=1S/C18H24N2/c1-14(2)18(10-6-3-7-11-20-18)16-12-15-8-4-5-9-17(15)19-13-16/h4-5,8-9,12-14,20H,3,6-7,10-11H2,1-2H3. The second kappa shape index (κ2) is 5.53. The van der Waals surface area contributed by atoms with E-state index in [1.54, 1.807) is 0 Å². The first kappa shape index (κ1) is 13.6. The third kappa shape index (κ3) is 2.33. The average molecular weight is 268 g/mol. The van der Waals surface area contributed by atoms with Crippen LogP contribution in [0, 0.1) is 5.92 Å². The van der Waals surface area contributed by atoms with Crippen molar-refractivity contribution >= 4 is 10.9 Å². The Morgan fingerprint density at radius 3 is 2.85 bits per heavy atom. The summed E-state index contributed by atoms with van der Waals surface area (Å²) in [6.45, 7) is 5.77. The smallest absolute Gasteiger partial charge is 0.0702 e. The summed E-state index contributed by atoms with van der Waals surface area (Å²) >= 11 is 0. The van der Waals surface area contributed by atoms with Crippen LogP contribution in [-0.4, -0.2) is 11.5 Å². The molecule has 106 valence electrons. The lowest BCUT2D eigenvalue weighted by Crippen LogP contribution is -2.46. The molecule has 3 rings (SSSR count). The minimum absolute atomic E-state index is 0.0908. The van der Waals surface area contributed by atoms with Crippen molar-refractivity contribution in [1.82, 2.24) is 10.3 Å². The van der Waals surface area contributed by atoms with Gasteiger partial charge in [0.15, 0.2) is 0 Å². The molecule has 2 nitrogen and oxygen atoms in total. The number of para-hydroxylation sites is 1. The second-order valence-electron chi connectivity index (χ2n) is 6.28. The highest BCUT2D eigenvalue weighted by Crippen LogP contribution is 2.37. The molecule has 0 amide bonds. The van der Waals surface area contributed by atoms with Crippen molar-refractivity contribution in [3.63, 3.8) is 0 Å². The second-order valence-corrected chi connectivity index (χ2v) is 6.28. The number of pyridine rings is 1. The molecule has 1 saturated heterocycles. The Morgan fingerprint density at radius 1 is 1.15 bits per heavy atom. The lowest BCUT2D eigenvalue weighted by Gasteiger charge is -2.38. The van der Waals surface area contributed by atoms with Gasteiger partial charge in [-0.05, 0) is 43.0 Å². The molecule has 1 aromatic carbocycles. The largest absolute Gasteiger partial charge is 0.307 e. The van der Waals surface area contributed by atoms with E-state index in [1.807, 2.05) is 0 Å². The highest BCUT2D eigenvalue weighted by molar-refractivity contribution is 5.79. The van der Waals surface area contributed by atoms with Crippen molar-refractivity contribution in [1.29, 1.82) is 0 Å². The monoisotopic (exact) mass is 268 g/mol. The van der Waals surface area contributed by atoms with Gasteiger partial charge in [-0.25, -0.2) is 0 Å². The zero-order chi connectivity index (χ0) is 14.0. The van der Waals surface area contributed by atoms with Crippen LogP contribution in [0.3, 0.4) is 0 Å². The third-order valence-electron chi connectivity index (χ3n) is 4.78. The number of rotatable bonds is 2. The maximum atomic E-state index is 4.67. The normalized spacial score (nSPS) is 23.9. The summed E-state index contributed by atoms with van der Waals surface area (Å²) < 4.78 is 0. The van der Waals surface area contributed by atoms with Crippen LogP contribution in [0.1, 0.15) is 45.1 Å². The van der Waals surface area contributed by atoms with Crippen molar-refractivity contribution in [3.05, 3.63) is 42.1 Å². The summed E-state index contributed by atoms with van der Waals surface area (Å²) in [6, 6.07) is 10.7. The lowest BCUT2D eigenvalue weighted by atomic mass is 9.77. The minimum atomic E-state index is 0.0908. The van der Waals surface area contributed by atoms with Crippen molar-refractivity contribution < 1.29 is 0 Å². The summed E-state index contributed by atoms with van der Waals surface area (Å²) in [7, 11) is 0. The molecule has 1 fully saturated rings. The molecule has 0 aliphatic carbocycles. The van der Waals surface area contributed by atoms with Gasteiger partial charge in [-0.2, -0.15) is 0 Å². The van der Waals surface area contributed by atoms with E-state index in [9.17, 15) is 0 Å². The molecular weight excluding hydrogens is 244 g/mol. The van der Waals surface area contributed by atoms with Crippen LogP contribution in [0.4, 0.5) is 0 Å². The number of aromatic nitrogens is 1. The predicted molar refractivity (Wildman–Crippen MR) is 84.7 cm³/mol. The zero-order valence-corrected chi connectivity index (χ0v) is 12.5. The number of nitrogens with one attached hydrogen (secondary N) is 1. The van der Waals surface area contributed by atoms with Crippen LogP contribution in [0.15, 0.2) is 36.5 Å². The molecule has 0 spiro atoms. The maximum absolute atomic E-state index is 4.67. The Balaban J connectivity index is 2.08. The Bertz CT molecular complexity index is 581. The van der Waals surface area contributed by atoms with Gasteiger partial charge in [0, 0.05) is 17.1 Å². The van der Waals surface area contributed by atoms with Crippen molar-refractivity contribution in [2.45, 2.75) is 45.1 Å². The molecule has 1 aliphatic rings. The van der Waals surface area contributed by atoms with E-state index >= 15 is 0 Å². The van der Waals surface area contributed by atoms with E-state index in [0.717, 1.165) is 12.1 Å². The number of fused-ring (bicyclic) bond motifs is 1. The van der Waals surface area contributed by atoms with E-state index in [-0.39, 0.29) is 5.54 Å². The van der Waals surface area contributed by atoms with Crippen LogP contribution < -0.4 is 5.32 Å². The molecule has 1 aliphatic heterocycles. The Kier molecular flexibility index (Phi) is 3.75. The molecule has 1 atom stereocenters. The maximum Gasteiger partial charge on any atom is 0.0702 e. The molecule has 2 aromatic rings. The Morgan fingerprint density at radius 2 is 2.00 bits per heavy atom. The van der Waals surface area contributed by atoms with Crippen LogP contribution >= 0.6 is 0 Å². The van der Waals surface area contributed by atoms with Gasteiger partial charge in [-0.1, -0.05) is 44.9 Å². The van der Waals surface area contributed by atoms with E-state index in [0.29, 0.717) is 5.92 Å². The molecule has 2 heteroatoms. The van der Waals surface area contributed by atoms with Gasteiger partial charge in [0.05, 0.1) is 5.52 Å². The molecule has 0 bridgehead atoms. The topological polar surface area (TPSA) is 24.9 Å².